The molecule has 0 radical (unpaired) electrons. The summed E-state index contributed by atoms with van der Waals surface area (Å²) in [6.45, 7) is 2.62. The van der Waals surface area contributed by atoms with Gasteiger partial charge < -0.3 is 10.2 Å². The summed E-state index contributed by atoms with van der Waals surface area (Å²) in [7, 11) is 0. The van der Waals surface area contributed by atoms with Crippen molar-refractivity contribution in [3.8, 4) is 0 Å². The Kier molecular flexibility index (Phi) is 4.02. The molecule has 1 N–H and O–H groups in total. The van der Waals surface area contributed by atoms with Crippen LogP contribution >= 0.6 is 11.3 Å². The summed E-state index contributed by atoms with van der Waals surface area (Å²) in [6, 6.07) is 3.72. The van der Waals surface area contributed by atoms with Gasteiger partial charge in [-0.05, 0) is 30.7 Å². The minimum atomic E-state index is -0.613. The lowest BCUT2D eigenvalue weighted by Gasteiger charge is -2.44. The summed E-state index contributed by atoms with van der Waals surface area (Å²) >= 11 is 1.65. The number of nitrogens with zero attached hydrogens (tertiary/aromatic N) is 1. The number of piperazine rings is 1. The molecule has 0 bridgehead atoms. The lowest BCUT2D eigenvalue weighted by molar-refractivity contribution is -0.155. The molecule has 1 aromatic rings. The largest absolute Gasteiger partial charge is 0.340 e. The van der Waals surface area contributed by atoms with Crippen LogP contribution < -0.4 is 5.32 Å². The van der Waals surface area contributed by atoms with Gasteiger partial charge in [0.2, 0.25) is 11.8 Å². The quantitative estimate of drug-likeness (QED) is 0.930. The first-order valence-electron chi connectivity index (χ1n) is 7.82. The zero-order chi connectivity index (χ0) is 14.9. The fourth-order valence-electron chi connectivity index (χ4n) is 3.56. The van der Waals surface area contributed by atoms with Crippen LogP contribution in [0.5, 0.6) is 0 Å². The molecule has 1 spiro atoms. The highest BCUT2D eigenvalue weighted by Crippen LogP contribution is 2.36. The lowest BCUT2D eigenvalue weighted by Crippen LogP contribution is -2.69. The van der Waals surface area contributed by atoms with E-state index >= 15 is 0 Å². The SMILES string of the molecule is CCCC1C(=O)NC2(CCCC2)C(=O)N1Cc1cccs1. The maximum absolute atomic E-state index is 13.0. The monoisotopic (exact) mass is 306 g/mol. The molecule has 21 heavy (non-hydrogen) atoms. The molecule has 4 nitrogen and oxygen atoms in total. The van der Waals surface area contributed by atoms with Crippen molar-refractivity contribution in [2.75, 3.05) is 0 Å². The fraction of sp³-hybridized carbons (Fsp3) is 0.625. The maximum Gasteiger partial charge on any atom is 0.249 e. The zero-order valence-electron chi connectivity index (χ0n) is 12.4. The third-order valence-electron chi connectivity index (χ3n) is 4.64. The number of hydrogen-bond donors (Lipinski definition) is 1. The van der Waals surface area contributed by atoms with Gasteiger partial charge in [0.15, 0.2) is 0 Å². The Morgan fingerprint density at radius 1 is 1.38 bits per heavy atom. The van der Waals surface area contributed by atoms with Crippen LogP contribution in [0.25, 0.3) is 0 Å². The van der Waals surface area contributed by atoms with Gasteiger partial charge >= 0.3 is 0 Å². The van der Waals surface area contributed by atoms with E-state index in [1.807, 2.05) is 22.4 Å². The van der Waals surface area contributed by atoms with Crippen molar-refractivity contribution in [3.63, 3.8) is 0 Å². The molecule has 1 saturated carbocycles. The number of amides is 2. The molecule has 2 heterocycles. The Morgan fingerprint density at radius 2 is 2.14 bits per heavy atom. The minimum Gasteiger partial charge on any atom is -0.340 e. The topological polar surface area (TPSA) is 49.4 Å². The van der Waals surface area contributed by atoms with Crippen LogP contribution in [-0.2, 0) is 16.1 Å². The minimum absolute atomic E-state index is 0.0370. The van der Waals surface area contributed by atoms with Crippen molar-refractivity contribution in [2.24, 2.45) is 0 Å². The second-order valence-corrected chi connectivity index (χ2v) is 7.13. The van der Waals surface area contributed by atoms with E-state index in [0.29, 0.717) is 6.54 Å². The van der Waals surface area contributed by atoms with E-state index < -0.39 is 5.54 Å². The average Bonchev–Trinajstić information content (AvgIpc) is 3.12. The fourth-order valence-corrected chi connectivity index (χ4v) is 4.26. The van der Waals surface area contributed by atoms with Gasteiger partial charge in [-0.1, -0.05) is 32.3 Å². The molecule has 0 aromatic carbocycles. The molecule has 2 amide bonds. The van der Waals surface area contributed by atoms with E-state index in [-0.39, 0.29) is 17.9 Å². The summed E-state index contributed by atoms with van der Waals surface area (Å²) in [6.07, 6.45) is 5.27. The van der Waals surface area contributed by atoms with Crippen LogP contribution in [-0.4, -0.2) is 28.3 Å². The molecule has 2 aliphatic rings. The molecule has 1 unspecified atom stereocenters. The molecule has 1 atom stereocenters. The first-order valence-corrected chi connectivity index (χ1v) is 8.70. The maximum atomic E-state index is 13.0. The first-order chi connectivity index (χ1) is 10.2. The summed E-state index contributed by atoms with van der Waals surface area (Å²) in [5.41, 5.74) is -0.613. The van der Waals surface area contributed by atoms with Crippen molar-refractivity contribution in [3.05, 3.63) is 22.4 Å². The van der Waals surface area contributed by atoms with Gasteiger partial charge in [-0.15, -0.1) is 11.3 Å². The Hall–Kier alpha value is -1.36. The summed E-state index contributed by atoms with van der Waals surface area (Å²) in [5.74, 6) is 0.168. The molecule has 1 aliphatic heterocycles. The zero-order valence-corrected chi connectivity index (χ0v) is 13.2. The van der Waals surface area contributed by atoms with Crippen LogP contribution in [0.4, 0.5) is 0 Å². The lowest BCUT2D eigenvalue weighted by atomic mass is 9.89. The Labute approximate surface area is 129 Å². The normalized spacial score (nSPS) is 24.6. The third-order valence-corrected chi connectivity index (χ3v) is 5.50. The van der Waals surface area contributed by atoms with E-state index in [0.717, 1.165) is 43.4 Å². The molecular weight excluding hydrogens is 284 g/mol. The Bertz CT molecular complexity index is 520. The number of hydrogen-bond acceptors (Lipinski definition) is 3. The Balaban J connectivity index is 1.88. The van der Waals surface area contributed by atoms with Crippen molar-refractivity contribution >= 4 is 23.2 Å². The van der Waals surface area contributed by atoms with E-state index in [2.05, 4.69) is 12.2 Å². The molecule has 2 fully saturated rings. The van der Waals surface area contributed by atoms with E-state index in [9.17, 15) is 9.59 Å². The highest BCUT2D eigenvalue weighted by Gasteiger charge is 2.51. The second-order valence-electron chi connectivity index (χ2n) is 6.10. The predicted octanol–water partition coefficient (Wildman–Crippen LogP) is 2.69. The number of carbonyl (C=O) groups is 2. The second kappa shape index (κ2) is 5.79. The van der Waals surface area contributed by atoms with E-state index in [4.69, 9.17) is 0 Å². The highest BCUT2D eigenvalue weighted by molar-refractivity contribution is 7.09. The van der Waals surface area contributed by atoms with E-state index in [1.54, 1.807) is 11.3 Å². The van der Waals surface area contributed by atoms with Crippen LogP contribution in [0.15, 0.2) is 17.5 Å². The molecule has 5 heteroatoms. The smallest absolute Gasteiger partial charge is 0.249 e. The van der Waals surface area contributed by atoms with Gasteiger partial charge in [-0.3, -0.25) is 9.59 Å². The predicted molar refractivity (Wildman–Crippen MR) is 82.9 cm³/mol. The molecule has 114 valence electrons. The van der Waals surface area contributed by atoms with Crippen molar-refractivity contribution in [1.82, 2.24) is 10.2 Å². The van der Waals surface area contributed by atoms with Gasteiger partial charge in [0, 0.05) is 4.88 Å². The van der Waals surface area contributed by atoms with Gasteiger partial charge in [-0.25, -0.2) is 0 Å². The van der Waals surface area contributed by atoms with Gasteiger partial charge in [0.05, 0.1) is 6.54 Å². The van der Waals surface area contributed by atoms with Crippen LogP contribution in [0.3, 0.4) is 0 Å². The number of thiophene rings is 1. The first kappa shape index (κ1) is 14.6. The highest BCUT2D eigenvalue weighted by atomic mass is 32.1. The molecule has 1 aliphatic carbocycles. The van der Waals surface area contributed by atoms with E-state index in [1.165, 1.54) is 0 Å². The molecule has 3 rings (SSSR count). The van der Waals surface area contributed by atoms with Gasteiger partial charge in [0.25, 0.3) is 0 Å². The summed E-state index contributed by atoms with van der Waals surface area (Å²) < 4.78 is 0. The average molecular weight is 306 g/mol. The molecular formula is C16H22N2O2S. The number of rotatable bonds is 4. The summed E-state index contributed by atoms with van der Waals surface area (Å²) in [4.78, 5) is 28.5. The standard InChI is InChI=1S/C16H22N2O2S/c1-2-6-13-14(19)17-16(8-3-4-9-16)15(20)18(13)11-12-7-5-10-21-12/h5,7,10,13H,2-4,6,8-9,11H2,1H3,(H,17,19). The third kappa shape index (κ3) is 2.59. The van der Waals surface area contributed by atoms with Crippen LogP contribution in [0, 0.1) is 0 Å². The van der Waals surface area contributed by atoms with Gasteiger partial charge in [0.1, 0.15) is 11.6 Å². The van der Waals surface area contributed by atoms with Crippen LogP contribution in [0.1, 0.15) is 50.3 Å². The summed E-state index contributed by atoms with van der Waals surface area (Å²) in [5, 5.41) is 5.08. The van der Waals surface area contributed by atoms with Crippen molar-refractivity contribution in [2.45, 2.75) is 63.6 Å². The van der Waals surface area contributed by atoms with Crippen LogP contribution in [0.2, 0.25) is 0 Å². The number of carbonyl (C=O) groups excluding carboxylic acids is 2. The van der Waals surface area contributed by atoms with Crippen molar-refractivity contribution < 1.29 is 9.59 Å². The van der Waals surface area contributed by atoms with Crippen molar-refractivity contribution in [1.29, 1.82) is 0 Å². The Morgan fingerprint density at radius 3 is 2.76 bits per heavy atom. The molecule has 1 saturated heterocycles. The van der Waals surface area contributed by atoms with Gasteiger partial charge in [-0.2, -0.15) is 0 Å². The molecule has 1 aromatic heterocycles. The number of nitrogens with one attached hydrogen (secondary N) is 1.